The van der Waals surface area contributed by atoms with E-state index in [1.54, 1.807) is 16.7 Å². The fourth-order valence-electron chi connectivity index (χ4n) is 2.97. The van der Waals surface area contributed by atoms with Crippen molar-refractivity contribution in [2.24, 2.45) is 0 Å². The Kier molecular flexibility index (Phi) is 5.69. The molecule has 0 fully saturated rings. The van der Waals surface area contributed by atoms with Crippen molar-refractivity contribution in [2.45, 2.75) is 19.0 Å². The molecule has 0 saturated heterocycles. The number of carbonyl (C=O) groups excluding carboxylic acids is 1. The maximum Gasteiger partial charge on any atom is 0.276 e. The Balaban J connectivity index is 1.66. The highest BCUT2D eigenvalue weighted by atomic mass is 32.2. The Hall–Kier alpha value is -2.97. The third-order valence-electron chi connectivity index (χ3n) is 4.64. The number of amides is 1. The lowest BCUT2D eigenvalue weighted by molar-refractivity contribution is -0.113. The maximum atomic E-state index is 13.3. The van der Waals surface area contributed by atoms with E-state index >= 15 is 0 Å². The van der Waals surface area contributed by atoms with Gasteiger partial charge < -0.3 is 5.32 Å². The number of aryl methyl sites for hydroxylation is 2. The molecule has 0 radical (unpaired) electrons. The Morgan fingerprint density at radius 3 is 2.77 bits per heavy atom. The molecule has 152 valence electrons. The van der Waals surface area contributed by atoms with Crippen LogP contribution in [0.25, 0.3) is 15.9 Å². The zero-order valence-electron chi connectivity index (χ0n) is 16.3. The Bertz CT molecular complexity index is 1310. The van der Waals surface area contributed by atoms with E-state index in [9.17, 15) is 14.0 Å². The molecule has 0 spiro atoms. The van der Waals surface area contributed by atoms with Crippen LogP contribution in [-0.4, -0.2) is 21.2 Å². The van der Waals surface area contributed by atoms with Crippen LogP contribution in [-0.2, 0) is 4.79 Å². The van der Waals surface area contributed by atoms with Gasteiger partial charge in [-0.15, -0.1) is 11.3 Å². The van der Waals surface area contributed by atoms with Crippen LogP contribution < -0.4 is 10.9 Å². The van der Waals surface area contributed by atoms with Crippen molar-refractivity contribution in [1.82, 2.24) is 9.55 Å². The monoisotopic (exact) mass is 439 g/mol. The molecule has 2 aromatic carbocycles. The Labute approximate surface area is 180 Å². The normalized spacial score (nSPS) is 11.0. The number of anilines is 1. The lowest BCUT2D eigenvalue weighted by atomic mass is 10.1. The molecule has 0 aliphatic carbocycles. The summed E-state index contributed by atoms with van der Waals surface area (Å²) in [7, 11) is 0. The van der Waals surface area contributed by atoms with Gasteiger partial charge in [0.2, 0.25) is 5.91 Å². The standard InChI is InChI=1S/C22H18FN3O2S2/c1-13-6-7-17(10-14(13)2)26-21(28)20-18(8-9-29-20)25-22(26)30-12-19(27)24-16-5-3-4-15(23)11-16/h3-11H,12H2,1-2H3,(H,24,27). The third-order valence-corrected chi connectivity index (χ3v) is 6.47. The van der Waals surface area contributed by atoms with Gasteiger partial charge in [0.05, 0.1) is 17.0 Å². The van der Waals surface area contributed by atoms with E-state index < -0.39 is 5.82 Å². The summed E-state index contributed by atoms with van der Waals surface area (Å²) in [6.45, 7) is 4.00. The minimum absolute atomic E-state index is 0.0312. The first-order valence-corrected chi connectivity index (χ1v) is 11.0. The summed E-state index contributed by atoms with van der Waals surface area (Å²) >= 11 is 2.51. The molecule has 0 saturated carbocycles. The molecule has 0 aliphatic heterocycles. The molecule has 0 unspecified atom stereocenters. The second-order valence-electron chi connectivity index (χ2n) is 6.79. The number of nitrogens with one attached hydrogen (secondary N) is 1. The van der Waals surface area contributed by atoms with Crippen LogP contribution in [0.1, 0.15) is 11.1 Å². The van der Waals surface area contributed by atoms with Gasteiger partial charge in [-0.1, -0.05) is 23.9 Å². The van der Waals surface area contributed by atoms with Crippen molar-refractivity contribution in [2.75, 3.05) is 11.1 Å². The summed E-state index contributed by atoms with van der Waals surface area (Å²) in [5, 5.41) is 4.92. The van der Waals surface area contributed by atoms with Gasteiger partial charge in [0.15, 0.2) is 5.16 Å². The molecule has 5 nitrogen and oxygen atoms in total. The van der Waals surface area contributed by atoms with Gasteiger partial charge in [0, 0.05) is 5.69 Å². The van der Waals surface area contributed by atoms with Gasteiger partial charge in [-0.2, -0.15) is 0 Å². The van der Waals surface area contributed by atoms with E-state index in [4.69, 9.17) is 0 Å². The summed E-state index contributed by atoms with van der Waals surface area (Å²) in [4.78, 5) is 30.1. The molecule has 4 rings (SSSR count). The topological polar surface area (TPSA) is 64.0 Å². The highest BCUT2D eigenvalue weighted by molar-refractivity contribution is 7.99. The molecule has 30 heavy (non-hydrogen) atoms. The summed E-state index contributed by atoms with van der Waals surface area (Å²) in [5.74, 6) is -0.700. The molecular weight excluding hydrogens is 421 g/mol. The minimum atomic E-state index is -0.423. The SMILES string of the molecule is Cc1ccc(-n2c(SCC(=O)Nc3cccc(F)c3)nc3ccsc3c2=O)cc1C. The molecule has 1 amide bonds. The first-order chi connectivity index (χ1) is 14.4. The molecule has 0 bridgehead atoms. The maximum absolute atomic E-state index is 13.3. The number of carbonyl (C=O) groups is 1. The molecule has 2 heterocycles. The fraction of sp³-hybridized carbons (Fsp3) is 0.136. The fourth-order valence-corrected chi connectivity index (χ4v) is 4.55. The second kappa shape index (κ2) is 8.41. The van der Waals surface area contributed by atoms with Crippen LogP contribution in [0.2, 0.25) is 0 Å². The van der Waals surface area contributed by atoms with Gasteiger partial charge >= 0.3 is 0 Å². The highest BCUT2D eigenvalue weighted by Gasteiger charge is 2.16. The van der Waals surface area contributed by atoms with E-state index in [1.807, 2.05) is 37.4 Å². The Morgan fingerprint density at radius 1 is 1.17 bits per heavy atom. The van der Waals surface area contributed by atoms with E-state index in [1.165, 1.54) is 41.3 Å². The van der Waals surface area contributed by atoms with Crippen molar-refractivity contribution in [1.29, 1.82) is 0 Å². The predicted molar refractivity (Wildman–Crippen MR) is 120 cm³/mol. The molecule has 0 atom stereocenters. The summed E-state index contributed by atoms with van der Waals surface area (Å²) in [5.41, 5.74) is 3.72. The van der Waals surface area contributed by atoms with Gasteiger partial charge in [-0.3, -0.25) is 14.2 Å². The van der Waals surface area contributed by atoms with Crippen molar-refractivity contribution < 1.29 is 9.18 Å². The first-order valence-electron chi connectivity index (χ1n) is 9.18. The van der Waals surface area contributed by atoms with E-state index in [0.29, 0.717) is 26.7 Å². The molecular formula is C22H18FN3O2S2. The van der Waals surface area contributed by atoms with Gasteiger partial charge in [0.25, 0.3) is 5.56 Å². The van der Waals surface area contributed by atoms with Gasteiger partial charge in [-0.05, 0) is 66.8 Å². The first kappa shape index (κ1) is 20.3. The van der Waals surface area contributed by atoms with Crippen LogP contribution in [0.4, 0.5) is 10.1 Å². The zero-order valence-corrected chi connectivity index (χ0v) is 17.9. The number of rotatable bonds is 5. The van der Waals surface area contributed by atoms with Crippen molar-refractivity contribution in [3.8, 4) is 5.69 Å². The lowest BCUT2D eigenvalue weighted by Gasteiger charge is -2.13. The van der Waals surface area contributed by atoms with Crippen molar-refractivity contribution in [3.63, 3.8) is 0 Å². The van der Waals surface area contributed by atoms with E-state index in [0.717, 1.165) is 11.1 Å². The summed E-state index contributed by atoms with van der Waals surface area (Å²) < 4.78 is 15.4. The number of halogens is 1. The second-order valence-corrected chi connectivity index (χ2v) is 8.64. The van der Waals surface area contributed by atoms with Gasteiger partial charge in [0.1, 0.15) is 10.5 Å². The molecule has 4 aromatic rings. The van der Waals surface area contributed by atoms with Crippen molar-refractivity contribution >= 4 is 44.9 Å². The largest absolute Gasteiger partial charge is 0.325 e. The smallest absolute Gasteiger partial charge is 0.276 e. The van der Waals surface area contributed by atoms with E-state index in [-0.39, 0.29) is 17.2 Å². The average molecular weight is 440 g/mol. The predicted octanol–water partition coefficient (Wildman–Crippen LogP) is 4.93. The number of fused-ring (bicyclic) bond motifs is 1. The number of benzene rings is 2. The van der Waals surface area contributed by atoms with E-state index in [2.05, 4.69) is 10.3 Å². The molecule has 0 aliphatic rings. The van der Waals surface area contributed by atoms with Crippen molar-refractivity contribution in [3.05, 3.63) is 81.2 Å². The van der Waals surface area contributed by atoms with Crippen LogP contribution in [0.3, 0.4) is 0 Å². The number of thiophene rings is 1. The number of nitrogens with zero attached hydrogens (tertiary/aromatic N) is 2. The third kappa shape index (κ3) is 4.15. The minimum Gasteiger partial charge on any atom is -0.325 e. The Morgan fingerprint density at radius 2 is 2.00 bits per heavy atom. The quantitative estimate of drug-likeness (QED) is 0.354. The molecule has 1 N–H and O–H groups in total. The van der Waals surface area contributed by atoms with Crippen LogP contribution >= 0.6 is 23.1 Å². The number of hydrogen-bond acceptors (Lipinski definition) is 5. The number of aromatic nitrogens is 2. The number of thioether (sulfide) groups is 1. The van der Waals surface area contributed by atoms with Crippen LogP contribution in [0, 0.1) is 19.7 Å². The highest BCUT2D eigenvalue weighted by Crippen LogP contribution is 2.25. The summed E-state index contributed by atoms with van der Waals surface area (Å²) in [6.07, 6.45) is 0. The van der Waals surface area contributed by atoms with Crippen LogP contribution in [0.15, 0.2) is 63.9 Å². The summed E-state index contributed by atoms with van der Waals surface area (Å²) in [6, 6.07) is 13.3. The van der Waals surface area contributed by atoms with Gasteiger partial charge in [-0.25, -0.2) is 9.37 Å². The number of hydrogen-bond donors (Lipinski definition) is 1. The average Bonchev–Trinajstić information content (AvgIpc) is 3.18. The van der Waals surface area contributed by atoms with Crippen LogP contribution in [0.5, 0.6) is 0 Å². The zero-order chi connectivity index (χ0) is 21.3. The molecule has 8 heteroatoms. The molecule has 2 aromatic heterocycles. The lowest BCUT2D eigenvalue weighted by Crippen LogP contribution is -2.22.